The molecule has 0 fully saturated rings. The summed E-state index contributed by atoms with van der Waals surface area (Å²) in [5, 5.41) is 16.3. The number of nitrogens with zero attached hydrogens (tertiary/aromatic N) is 1. The molecular formula is C14H15BrN2O2S. The lowest BCUT2D eigenvalue weighted by Crippen LogP contribution is -2.20. The zero-order chi connectivity index (χ0) is 14.5. The molecule has 1 unspecified atom stereocenters. The summed E-state index contributed by atoms with van der Waals surface area (Å²) in [7, 11) is 0. The van der Waals surface area contributed by atoms with Gasteiger partial charge in [0.05, 0.1) is 4.92 Å². The van der Waals surface area contributed by atoms with Crippen LogP contribution in [-0.4, -0.2) is 4.92 Å². The van der Waals surface area contributed by atoms with Crippen molar-refractivity contribution >= 4 is 33.0 Å². The molecule has 2 rings (SSSR count). The molecule has 106 valence electrons. The molecule has 0 amide bonds. The predicted molar refractivity (Wildman–Crippen MR) is 85.0 cm³/mol. The van der Waals surface area contributed by atoms with Crippen LogP contribution < -0.4 is 5.32 Å². The minimum atomic E-state index is -0.355. The van der Waals surface area contributed by atoms with Gasteiger partial charge in [0, 0.05) is 34.1 Å². The van der Waals surface area contributed by atoms with Gasteiger partial charge in [-0.3, -0.25) is 10.1 Å². The highest BCUT2D eigenvalue weighted by atomic mass is 79.9. The topological polar surface area (TPSA) is 55.2 Å². The highest BCUT2D eigenvalue weighted by Gasteiger charge is 2.13. The molecule has 0 saturated heterocycles. The van der Waals surface area contributed by atoms with Crippen molar-refractivity contribution in [1.82, 2.24) is 5.32 Å². The van der Waals surface area contributed by atoms with Crippen molar-refractivity contribution in [3.8, 4) is 0 Å². The first kappa shape index (κ1) is 15.2. The number of hydrogen-bond acceptors (Lipinski definition) is 4. The quantitative estimate of drug-likeness (QED) is 0.606. The third kappa shape index (κ3) is 3.65. The smallest absolute Gasteiger partial charge is 0.269 e. The second kappa shape index (κ2) is 6.97. The molecule has 0 aliphatic carbocycles. The molecule has 1 atom stereocenters. The van der Waals surface area contributed by atoms with Crippen molar-refractivity contribution in [2.45, 2.75) is 25.9 Å². The highest BCUT2D eigenvalue weighted by molar-refractivity contribution is 9.10. The Balaban J connectivity index is 2.10. The van der Waals surface area contributed by atoms with Crippen LogP contribution in [0.3, 0.4) is 0 Å². The minimum absolute atomic E-state index is 0.115. The monoisotopic (exact) mass is 354 g/mol. The molecule has 4 nitrogen and oxygen atoms in total. The lowest BCUT2D eigenvalue weighted by molar-refractivity contribution is -0.384. The number of nitrogens with one attached hydrogen (secondary N) is 1. The molecule has 0 radical (unpaired) electrons. The maximum Gasteiger partial charge on any atom is 0.269 e. The summed E-state index contributed by atoms with van der Waals surface area (Å²) in [6, 6.07) is 8.97. The second-order valence-corrected chi connectivity index (χ2v) is 6.24. The van der Waals surface area contributed by atoms with E-state index in [1.54, 1.807) is 23.5 Å². The Hall–Kier alpha value is -1.24. The zero-order valence-corrected chi connectivity index (χ0v) is 13.4. The number of hydrogen-bond donors (Lipinski definition) is 1. The Labute approximate surface area is 130 Å². The maximum atomic E-state index is 10.8. The van der Waals surface area contributed by atoms with Gasteiger partial charge in [0.25, 0.3) is 5.69 Å². The Morgan fingerprint density at radius 3 is 2.85 bits per heavy atom. The van der Waals surface area contributed by atoms with Crippen LogP contribution in [0.4, 0.5) is 5.69 Å². The standard InChI is InChI=1S/C14H15BrN2O2S/c1-2-13(16-9-14-12(15)6-7-20-14)10-4-3-5-11(8-10)17(18)19/h3-8,13,16H,2,9H2,1H3. The number of thiophene rings is 1. The predicted octanol–water partition coefficient (Wildman–Crippen LogP) is 4.66. The Morgan fingerprint density at radius 2 is 2.25 bits per heavy atom. The van der Waals surface area contributed by atoms with Gasteiger partial charge in [-0.2, -0.15) is 0 Å². The fourth-order valence-corrected chi connectivity index (χ4v) is 3.46. The number of benzene rings is 1. The Kier molecular flexibility index (Phi) is 5.28. The van der Waals surface area contributed by atoms with Crippen molar-refractivity contribution in [3.05, 3.63) is 60.7 Å². The van der Waals surface area contributed by atoms with Gasteiger partial charge in [0.2, 0.25) is 0 Å². The van der Waals surface area contributed by atoms with Gasteiger partial charge in [-0.1, -0.05) is 19.1 Å². The number of halogens is 1. The zero-order valence-electron chi connectivity index (χ0n) is 11.0. The molecular weight excluding hydrogens is 340 g/mol. The van der Waals surface area contributed by atoms with E-state index in [2.05, 4.69) is 28.2 Å². The molecule has 1 N–H and O–H groups in total. The van der Waals surface area contributed by atoms with Gasteiger partial charge in [0.15, 0.2) is 0 Å². The van der Waals surface area contributed by atoms with Crippen molar-refractivity contribution in [3.63, 3.8) is 0 Å². The van der Waals surface area contributed by atoms with Gasteiger partial charge in [-0.25, -0.2) is 0 Å². The van der Waals surface area contributed by atoms with E-state index in [0.717, 1.165) is 23.0 Å². The third-order valence-corrected chi connectivity index (χ3v) is 5.02. The van der Waals surface area contributed by atoms with E-state index in [-0.39, 0.29) is 16.7 Å². The summed E-state index contributed by atoms with van der Waals surface area (Å²) in [4.78, 5) is 11.7. The van der Waals surface area contributed by atoms with Crippen LogP contribution in [0.25, 0.3) is 0 Å². The largest absolute Gasteiger partial charge is 0.305 e. The molecule has 0 bridgehead atoms. The van der Waals surface area contributed by atoms with E-state index in [1.807, 2.05) is 17.5 Å². The van der Waals surface area contributed by atoms with Gasteiger partial charge in [0.1, 0.15) is 0 Å². The fourth-order valence-electron chi connectivity index (χ4n) is 2.02. The summed E-state index contributed by atoms with van der Waals surface area (Å²) in [5.41, 5.74) is 1.09. The first-order valence-corrected chi connectivity index (χ1v) is 7.98. The van der Waals surface area contributed by atoms with Crippen LogP contribution in [0.2, 0.25) is 0 Å². The molecule has 1 aromatic heterocycles. The summed E-state index contributed by atoms with van der Waals surface area (Å²) < 4.78 is 1.10. The lowest BCUT2D eigenvalue weighted by atomic mass is 10.0. The fraction of sp³-hybridized carbons (Fsp3) is 0.286. The summed E-state index contributed by atoms with van der Waals surface area (Å²) in [6.45, 7) is 2.82. The SMILES string of the molecule is CCC(NCc1sccc1Br)c1cccc([N+](=O)[O-])c1. The van der Waals surface area contributed by atoms with E-state index < -0.39 is 0 Å². The second-order valence-electron chi connectivity index (χ2n) is 4.39. The summed E-state index contributed by atoms with van der Waals surface area (Å²) in [5.74, 6) is 0. The lowest BCUT2D eigenvalue weighted by Gasteiger charge is -2.17. The first-order chi connectivity index (χ1) is 9.61. The van der Waals surface area contributed by atoms with Crippen LogP contribution in [-0.2, 0) is 6.54 Å². The maximum absolute atomic E-state index is 10.8. The molecule has 6 heteroatoms. The van der Waals surface area contributed by atoms with Crippen LogP contribution in [0.5, 0.6) is 0 Å². The molecule has 0 spiro atoms. The number of rotatable bonds is 6. The minimum Gasteiger partial charge on any atom is -0.305 e. The Bertz CT molecular complexity index is 600. The van der Waals surface area contributed by atoms with Gasteiger partial charge < -0.3 is 5.32 Å². The molecule has 0 aliphatic heterocycles. The molecule has 0 aliphatic rings. The van der Waals surface area contributed by atoms with Crippen molar-refractivity contribution in [2.75, 3.05) is 0 Å². The van der Waals surface area contributed by atoms with Crippen molar-refractivity contribution < 1.29 is 4.92 Å². The van der Waals surface area contributed by atoms with E-state index >= 15 is 0 Å². The van der Waals surface area contributed by atoms with E-state index in [0.29, 0.717) is 0 Å². The van der Waals surface area contributed by atoms with Crippen LogP contribution >= 0.6 is 27.3 Å². The van der Waals surface area contributed by atoms with Crippen LogP contribution in [0.1, 0.15) is 29.8 Å². The third-order valence-electron chi connectivity index (χ3n) is 3.09. The van der Waals surface area contributed by atoms with Crippen LogP contribution in [0.15, 0.2) is 40.2 Å². The average Bonchev–Trinajstić information content (AvgIpc) is 2.85. The number of nitro benzene ring substituents is 1. The number of non-ortho nitro benzene ring substituents is 1. The number of nitro groups is 1. The average molecular weight is 355 g/mol. The van der Waals surface area contributed by atoms with E-state index in [4.69, 9.17) is 0 Å². The summed E-state index contributed by atoms with van der Waals surface area (Å²) >= 11 is 5.19. The molecule has 1 aromatic carbocycles. The molecule has 2 aromatic rings. The van der Waals surface area contributed by atoms with Crippen molar-refractivity contribution in [2.24, 2.45) is 0 Å². The molecule has 1 heterocycles. The van der Waals surface area contributed by atoms with Gasteiger partial charge >= 0.3 is 0 Å². The normalized spacial score (nSPS) is 12.3. The molecule has 0 saturated carbocycles. The van der Waals surface area contributed by atoms with E-state index in [1.165, 1.54) is 10.9 Å². The Morgan fingerprint density at radius 1 is 1.45 bits per heavy atom. The van der Waals surface area contributed by atoms with Crippen molar-refractivity contribution in [1.29, 1.82) is 0 Å². The highest BCUT2D eigenvalue weighted by Crippen LogP contribution is 2.25. The summed E-state index contributed by atoms with van der Waals surface area (Å²) in [6.07, 6.45) is 0.879. The van der Waals surface area contributed by atoms with Gasteiger partial charge in [-0.15, -0.1) is 11.3 Å². The van der Waals surface area contributed by atoms with Gasteiger partial charge in [-0.05, 0) is 39.4 Å². The van der Waals surface area contributed by atoms with E-state index in [9.17, 15) is 10.1 Å². The first-order valence-electron chi connectivity index (χ1n) is 6.31. The molecule has 20 heavy (non-hydrogen) atoms. The van der Waals surface area contributed by atoms with Crippen LogP contribution in [0, 0.1) is 10.1 Å².